The molecule has 1 aliphatic heterocycles. The molecule has 0 unspecified atom stereocenters. The molecule has 1 aliphatic rings. The first-order valence-electron chi connectivity index (χ1n) is 9.31. The highest BCUT2D eigenvalue weighted by Gasteiger charge is 2.33. The van der Waals surface area contributed by atoms with Gasteiger partial charge in [-0.2, -0.15) is 18.4 Å². The number of carbonyl (C=O) groups excluding carboxylic acids is 1. The molecule has 0 atom stereocenters. The van der Waals surface area contributed by atoms with Crippen molar-refractivity contribution < 1.29 is 18.0 Å². The lowest BCUT2D eigenvalue weighted by atomic mass is 10.1. The molecule has 0 radical (unpaired) electrons. The fourth-order valence-electron chi connectivity index (χ4n) is 3.21. The highest BCUT2D eigenvalue weighted by atomic mass is 35.5. The zero-order valence-corrected chi connectivity index (χ0v) is 16.7. The van der Waals surface area contributed by atoms with E-state index >= 15 is 0 Å². The highest BCUT2D eigenvalue weighted by molar-refractivity contribution is 6.31. The topological polar surface area (TPSA) is 47.3 Å². The Kier molecular flexibility index (Phi) is 6.80. The van der Waals surface area contributed by atoms with Gasteiger partial charge in [-0.3, -0.25) is 9.69 Å². The Bertz CT molecular complexity index is 973. The fraction of sp³-hybridized carbons (Fsp3) is 0.273. The molecule has 156 valence electrons. The molecule has 1 fully saturated rings. The Morgan fingerprint density at radius 1 is 1.10 bits per heavy atom. The van der Waals surface area contributed by atoms with Gasteiger partial charge in [0, 0.05) is 38.8 Å². The normalized spacial score (nSPS) is 15.4. The Labute approximate surface area is 177 Å². The molecule has 1 saturated heterocycles. The van der Waals surface area contributed by atoms with Gasteiger partial charge >= 0.3 is 6.18 Å². The average molecular weight is 434 g/mol. The van der Waals surface area contributed by atoms with Crippen molar-refractivity contribution in [3.63, 3.8) is 0 Å². The molecule has 0 spiro atoms. The second kappa shape index (κ2) is 9.33. The summed E-state index contributed by atoms with van der Waals surface area (Å²) in [6, 6.07) is 13.0. The van der Waals surface area contributed by atoms with Gasteiger partial charge in [0.1, 0.15) is 0 Å². The summed E-state index contributed by atoms with van der Waals surface area (Å²) in [6.07, 6.45) is -1.88. The summed E-state index contributed by atoms with van der Waals surface area (Å²) in [7, 11) is 0. The van der Waals surface area contributed by atoms with E-state index in [0.29, 0.717) is 31.7 Å². The third-order valence-corrected chi connectivity index (χ3v) is 5.22. The Morgan fingerprint density at radius 3 is 2.37 bits per heavy atom. The minimum atomic E-state index is -4.55. The maximum absolute atomic E-state index is 12.9. The van der Waals surface area contributed by atoms with Crippen LogP contribution in [0.2, 0.25) is 5.02 Å². The molecule has 0 bridgehead atoms. The number of nitriles is 1. The van der Waals surface area contributed by atoms with Gasteiger partial charge < -0.3 is 4.90 Å². The van der Waals surface area contributed by atoms with Crippen LogP contribution in [-0.2, 0) is 17.5 Å². The van der Waals surface area contributed by atoms with E-state index in [4.69, 9.17) is 16.9 Å². The molecule has 3 rings (SSSR count). The van der Waals surface area contributed by atoms with Gasteiger partial charge in [-0.1, -0.05) is 29.8 Å². The highest BCUT2D eigenvalue weighted by Crippen LogP contribution is 2.35. The predicted molar refractivity (Wildman–Crippen MR) is 109 cm³/mol. The van der Waals surface area contributed by atoms with E-state index in [1.54, 1.807) is 17.0 Å². The van der Waals surface area contributed by atoms with Crippen LogP contribution in [0, 0.1) is 11.3 Å². The molecule has 1 amide bonds. The number of carbonyl (C=O) groups is 1. The molecule has 0 N–H and O–H groups in total. The van der Waals surface area contributed by atoms with E-state index in [9.17, 15) is 18.0 Å². The van der Waals surface area contributed by atoms with Crippen molar-refractivity contribution in [3.05, 3.63) is 75.8 Å². The van der Waals surface area contributed by atoms with Crippen LogP contribution in [0.15, 0.2) is 48.5 Å². The van der Waals surface area contributed by atoms with E-state index < -0.39 is 11.7 Å². The fourth-order valence-corrected chi connectivity index (χ4v) is 3.43. The van der Waals surface area contributed by atoms with E-state index in [1.807, 2.05) is 12.1 Å². The number of benzene rings is 2. The maximum Gasteiger partial charge on any atom is 0.417 e. The standard InChI is InChI=1S/C22H19ClF3N3O/c23-20-7-5-16(13-19(20)22(24,25)26)6-8-21(30)29-11-9-28(10-12-29)15-18-3-1-17(14-27)2-4-18/h1-8,13H,9-12,15H2/b8-6+. The molecule has 2 aromatic carbocycles. The van der Waals surface area contributed by atoms with Crippen LogP contribution < -0.4 is 0 Å². The summed E-state index contributed by atoms with van der Waals surface area (Å²) in [5.41, 5.74) is 1.05. The first-order valence-corrected chi connectivity index (χ1v) is 9.69. The van der Waals surface area contributed by atoms with Crippen LogP contribution in [0.25, 0.3) is 6.08 Å². The van der Waals surface area contributed by atoms with Crippen molar-refractivity contribution in [2.75, 3.05) is 26.2 Å². The molecule has 1 heterocycles. The first kappa shape index (κ1) is 21.9. The summed E-state index contributed by atoms with van der Waals surface area (Å²) >= 11 is 5.61. The van der Waals surface area contributed by atoms with Crippen molar-refractivity contribution in [2.24, 2.45) is 0 Å². The maximum atomic E-state index is 12.9. The van der Waals surface area contributed by atoms with Crippen molar-refractivity contribution in [2.45, 2.75) is 12.7 Å². The number of alkyl halides is 3. The molecular weight excluding hydrogens is 415 g/mol. The van der Waals surface area contributed by atoms with E-state index in [0.717, 1.165) is 18.2 Å². The monoisotopic (exact) mass is 433 g/mol. The second-order valence-electron chi connectivity index (χ2n) is 6.98. The third kappa shape index (κ3) is 5.62. The van der Waals surface area contributed by atoms with Crippen molar-refractivity contribution in [1.82, 2.24) is 9.80 Å². The van der Waals surface area contributed by atoms with Gasteiger partial charge in [-0.15, -0.1) is 0 Å². The van der Waals surface area contributed by atoms with Crippen LogP contribution in [0.1, 0.15) is 22.3 Å². The lowest BCUT2D eigenvalue weighted by Gasteiger charge is -2.34. The van der Waals surface area contributed by atoms with Gasteiger partial charge in [0.2, 0.25) is 5.91 Å². The van der Waals surface area contributed by atoms with Crippen LogP contribution >= 0.6 is 11.6 Å². The number of amides is 1. The van der Waals surface area contributed by atoms with Crippen LogP contribution in [0.4, 0.5) is 13.2 Å². The largest absolute Gasteiger partial charge is 0.417 e. The predicted octanol–water partition coefficient (Wildman–Crippen LogP) is 4.59. The number of hydrogen-bond acceptors (Lipinski definition) is 3. The first-order chi connectivity index (χ1) is 14.3. The summed E-state index contributed by atoms with van der Waals surface area (Å²) in [5, 5.41) is 8.48. The van der Waals surface area contributed by atoms with Crippen LogP contribution in [-0.4, -0.2) is 41.9 Å². The smallest absolute Gasteiger partial charge is 0.337 e. The van der Waals surface area contributed by atoms with Crippen molar-refractivity contribution >= 4 is 23.6 Å². The number of hydrogen-bond donors (Lipinski definition) is 0. The zero-order chi connectivity index (χ0) is 21.7. The number of nitrogens with zero attached hydrogens (tertiary/aromatic N) is 3. The molecule has 8 heteroatoms. The Balaban J connectivity index is 1.54. The van der Waals surface area contributed by atoms with E-state index in [2.05, 4.69) is 11.0 Å². The quantitative estimate of drug-likeness (QED) is 0.663. The molecule has 0 aromatic heterocycles. The number of halogens is 4. The summed E-state index contributed by atoms with van der Waals surface area (Å²) in [5.74, 6) is -0.239. The molecule has 30 heavy (non-hydrogen) atoms. The van der Waals surface area contributed by atoms with Crippen LogP contribution in [0.5, 0.6) is 0 Å². The van der Waals surface area contributed by atoms with Gasteiger partial charge in [0.15, 0.2) is 0 Å². The van der Waals surface area contributed by atoms with E-state index in [1.165, 1.54) is 24.3 Å². The van der Waals surface area contributed by atoms with Gasteiger partial charge in [-0.25, -0.2) is 0 Å². The second-order valence-corrected chi connectivity index (χ2v) is 7.39. The minimum absolute atomic E-state index is 0.239. The molecular formula is C22H19ClF3N3O. The lowest BCUT2D eigenvalue weighted by Crippen LogP contribution is -2.47. The van der Waals surface area contributed by atoms with Gasteiger partial charge in [0.05, 0.1) is 22.2 Å². The van der Waals surface area contributed by atoms with Crippen LogP contribution in [0.3, 0.4) is 0 Å². The van der Waals surface area contributed by atoms with Gasteiger partial charge in [0.25, 0.3) is 0 Å². The van der Waals surface area contributed by atoms with Gasteiger partial charge in [-0.05, 0) is 41.5 Å². The average Bonchev–Trinajstić information content (AvgIpc) is 2.73. The third-order valence-electron chi connectivity index (χ3n) is 4.89. The molecule has 4 nitrogen and oxygen atoms in total. The minimum Gasteiger partial charge on any atom is -0.337 e. The Morgan fingerprint density at radius 2 is 1.77 bits per heavy atom. The lowest BCUT2D eigenvalue weighted by molar-refractivity contribution is -0.137. The van der Waals surface area contributed by atoms with E-state index in [-0.39, 0.29) is 16.5 Å². The van der Waals surface area contributed by atoms with Crippen molar-refractivity contribution in [1.29, 1.82) is 5.26 Å². The summed E-state index contributed by atoms with van der Waals surface area (Å²) in [6.45, 7) is 3.19. The number of piperazine rings is 1. The summed E-state index contributed by atoms with van der Waals surface area (Å²) in [4.78, 5) is 16.3. The Hall–Kier alpha value is -2.82. The zero-order valence-electron chi connectivity index (χ0n) is 16.0. The molecule has 2 aromatic rings. The molecule has 0 saturated carbocycles. The summed E-state index contributed by atoms with van der Waals surface area (Å²) < 4.78 is 38.8. The number of rotatable bonds is 4. The SMILES string of the molecule is N#Cc1ccc(CN2CCN(C(=O)/C=C/c3ccc(Cl)c(C(F)(F)F)c3)CC2)cc1. The van der Waals surface area contributed by atoms with Crippen molar-refractivity contribution in [3.8, 4) is 6.07 Å². The molecule has 0 aliphatic carbocycles.